The summed E-state index contributed by atoms with van der Waals surface area (Å²) in [7, 11) is 1.69. The molecular formula is C14H20O2. The molecule has 1 aromatic rings. The molecule has 1 N–H and O–H groups in total. The van der Waals surface area contributed by atoms with E-state index in [0.29, 0.717) is 12.8 Å². The molecule has 0 fully saturated rings. The summed E-state index contributed by atoms with van der Waals surface area (Å²) in [6.45, 7) is 3.62. The lowest BCUT2D eigenvalue weighted by molar-refractivity contribution is 0.0467. The summed E-state index contributed by atoms with van der Waals surface area (Å²) in [6, 6.07) is 10.2. The predicted molar refractivity (Wildman–Crippen MR) is 66.4 cm³/mol. The van der Waals surface area contributed by atoms with Gasteiger partial charge in [-0.15, -0.1) is 6.58 Å². The molecule has 2 atom stereocenters. The predicted octanol–water partition coefficient (Wildman–Crippen LogP) is 2.57. The summed E-state index contributed by atoms with van der Waals surface area (Å²) in [5, 5.41) is 9.68. The highest BCUT2D eigenvalue weighted by atomic mass is 16.5. The molecule has 0 saturated carbocycles. The average Bonchev–Trinajstić information content (AvgIpc) is 2.30. The van der Waals surface area contributed by atoms with E-state index >= 15 is 0 Å². The van der Waals surface area contributed by atoms with Gasteiger partial charge in [0.2, 0.25) is 0 Å². The standard InChI is InChI=1S/C14H20O2/c1-3-7-13(15)11-14(16-2)10-12-8-5-4-6-9-12/h3-6,8-9,13-15H,1,7,10-11H2,2H3/t13-,14+/m0/s1. The molecule has 0 unspecified atom stereocenters. The summed E-state index contributed by atoms with van der Waals surface area (Å²) in [6.07, 6.45) is 3.56. The van der Waals surface area contributed by atoms with Gasteiger partial charge in [-0.25, -0.2) is 0 Å². The van der Waals surface area contributed by atoms with E-state index in [-0.39, 0.29) is 12.2 Å². The fraction of sp³-hybridized carbons (Fsp3) is 0.429. The number of hydrogen-bond acceptors (Lipinski definition) is 2. The second-order valence-electron chi connectivity index (χ2n) is 3.96. The fourth-order valence-corrected chi connectivity index (χ4v) is 1.73. The highest BCUT2D eigenvalue weighted by molar-refractivity contribution is 5.15. The Morgan fingerprint density at radius 2 is 2.06 bits per heavy atom. The van der Waals surface area contributed by atoms with Crippen LogP contribution in [0, 0.1) is 0 Å². The van der Waals surface area contributed by atoms with Crippen molar-refractivity contribution in [3.05, 3.63) is 48.6 Å². The van der Waals surface area contributed by atoms with Gasteiger partial charge in [0.15, 0.2) is 0 Å². The van der Waals surface area contributed by atoms with Gasteiger partial charge in [-0.3, -0.25) is 0 Å². The molecule has 0 heterocycles. The number of methoxy groups -OCH3 is 1. The monoisotopic (exact) mass is 220 g/mol. The van der Waals surface area contributed by atoms with Crippen LogP contribution in [0.5, 0.6) is 0 Å². The SMILES string of the molecule is C=CC[C@H](O)C[C@@H](Cc1ccccc1)OC. The number of hydrogen-bond donors (Lipinski definition) is 1. The quantitative estimate of drug-likeness (QED) is 0.716. The minimum atomic E-state index is -0.355. The van der Waals surface area contributed by atoms with Crippen LogP contribution in [0.4, 0.5) is 0 Å². The van der Waals surface area contributed by atoms with Gasteiger partial charge < -0.3 is 9.84 Å². The number of aliphatic hydroxyl groups excluding tert-OH is 1. The Morgan fingerprint density at radius 3 is 2.62 bits per heavy atom. The van der Waals surface area contributed by atoms with E-state index in [9.17, 15) is 5.11 Å². The van der Waals surface area contributed by atoms with Gasteiger partial charge in [-0.2, -0.15) is 0 Å². The Bertz CT molecular complexity index is 295. The van der Waals surface area contributed by atoms with Gasteiger partial charge in [0.1, 0.15) is 0 Å². The normalized spacial score (nSPS) is 14.4. The minimum absolute atomic E-state index is 0.0670. The molecular weight excluding hydrogens is 200 g/mol. The zero-order chi connectivity index (χ0) is 11.8. The number of benzene rings is 1. The molecule has 0 aromatic heterocycles. The maximum Gasteiger partial charge on any atom is 0.0636 e. The van der Waals surface area contributed by atoms with Crippen molar-refractivity contribution in [3.8, 4) is 0 Å². The van der Waals surface area contributed by atoms with Crippen LogP contribution in [0.3, 0.4) is 0 Å². The molecule has 0 aliphatic rings. The van der Waals surface area contributed by atoms with Crippen LogP contribution in [-0.2, 0) is 11.2 Å². The van der Waals surface area contributed by atoms with Gasteiger partial charge >= 0.3 is 0 Å². The summed E-state index contributed by atoms with van der Waals surface area (Å²) in [4.78, 5) is 0. The van der Waals surface area contributed by atoms with E-state index in [4.69, 9.17) is 4.74 Å². The van der Waals surface area contributed by atoms with Crippen LogP contribution in [0.1, 0.15) is 18.4 Å². The largest absolute Gasteiger partial charge is 0.393 e. The van der Waals surface area contributed by atoms with Crippen molar-refractivity contribution < 1.29 is 9.84 Å². The molecule has 1 rings (SSSR count). The maximum atomic E-state index is 9.68. The second-order valence-corrected chi connectivity index (χ2v) is 3.96. The van der Waals surface area contributed by atoms with Crippen LogP contribution >= 0.6 is 0 Å². The summed E-state index contributed by atoms with van der Waals surface area (Å²) >= 11 is 0. The smallest absolute Gasteiger partial charge is 0.0636 e. The van der Waals surface area contributed by atoms with Gasteiger partial charge in [-0.05, 0) is 18.4 Å². The Balaban J connectivity index is 2.46. The minimum Gasteiger partial charge on any atom is -0.393 e. The third-order valence-electron chi connectivity index (χ3n) is 2.61. The first kappa shape index (κ1) is 12.9. The Kier molecular flexibility index (Phi) is 5.83. The Morgan fingerprint density at radius 1 is 1.38 bits per heavy atom. The zero-order valence-electron chi connectivity index (χ0n) is 9.80. The van der Waals surface area contributed by atoms with E-state index < -0.39 is 0 Å². The fourth-order valence-electron chi connectivity index (χ4n) is 1.73. The number of rotatable bonds is 7. The van der Waals surface area contributed by atoms with Crippen LogP contribution in [0.25, 0.3) is 0 Å². The Hall–Kier alpha value is -1.12. The van der Waals surface area contributed by atoms with Crippen molar-refractivity contribution >= 4 is 0 Å². The highest BCUT2D eigenvalue weighted by Crippen LogP contribution is 2.12. The maximum absolute atomic E-state index is 9.68. The lowest BCUT2D eigenvalue weighted by Crippen LogP contribution is -2.21. The lowest BCUT2D eigenvalue weighted by Gasteiger charge is -2.18. The van der Waals surface area contributed by atoms with Crippen LogP contribution in [0.2, 0.25) is 0 Å². The number of ether oxygens (including phenoxy) is 1. The molecule has 88 valence electrons. The van der Waals surface area contributed by atoms with Gasteiger partial charge in [0.05, 0.1) is 12.2 Å². The summed E-state index contributed by atoms with van der Waals surface area (Å²) in [5.74, 6) is 0. The molecule has 2 heteroatoms. The van der Waals surface area contributed by atoms with E-state index in [1.54, 1.807) is 13.2 Å². The lowest BCUT2D eigenvalue weighted by atomic mass is 10.0. The molecule has 0 aliphatic carbocycles. The van der Waals surface area contributed by atoms with Crippen molar-refractivity contribution in [2.75, 3.05) is 7.11 Å². The molecule has 2 nitrogen and oxygen atoms in total. The zero-order valence-corrected chi connectivity index (χ0v) is 9.80. The molecule has 1 aromatic carbocycles. The molecule has 0 saturated heterocycles. The van der Waals surface area contributed by atoms with Gasteiger partial charge in [0.25, 0.3) is 0 Å². The number of aliphatic hydroxyl groups is 1. The summed E-state index contributed by atoms with van der Waals surface area (Å²) < 4.78 is 5.38. The van der Waals surface area contributed by atoms with Crippen LogP contribution in [-0.4, -0.2) is 24.4 Å². The molecule has 0 amide bonds. The average molecular weight is 220 g/mol. The van der Waals surface area contributed by atoms with Crippen LogP contribution < -0.4 is 0 Å². The van der Waals surface area contributed by atoms with Crippen molar-refractivity contribution in [2.45, 2.75) is 31.5 Å². The molecule has 0 radical (unpaired) electrons. The van der Waals surface area contributed by atoms with Crippen molar-refractivity contribution in [1.29, 1.82) is 0 Å². The topological polar surface area (TPSA) is 29.5 Å². The molecule has 0 spiro atoms. The molecule has 0 bridgehead atoms. The molecule has 16 heavy (non-hydrogen) atoms. The van der Waals surface area contributed by atoms with E-state index in [1.165, 1.54) is 5.56 Å². The Labute approximate surface area is 97.6 Å². The van der Waals surface area contributed by atoms with Gasteiger partial charge in [0, 0.05) is 13.5 Å². The summed E-state index contributed by atoms with van der Waals surface area (Å²) in [5.41, 5.74) is 1.24. The van der Waals surface area contributed by atoms with Crippen molar-refractivity contribution in [3.63, 3.8) is 0 Å². The van der Waals surface area contributed by atoms with E-state index in [0.717, 1.165) is 6.42 Å². The molecule has 0 aliphatic heterocycles. The van der Waals surface area contributed by atoms with E-state index in [2.05, 4.69) is 18.7 Å². The third-order valence-corrected chi connectivity index (χ3v) is 2.61. The van der Waals surface area contributed by atoms with Crippen molar-refractivity contribution in [2.24, 2.45) is 0 Å². The van der Waals surface area contributed by atoms with E-state index in [1.807, 2.05) is 18.2 Å². The third kappa shape index (κ3) is 4.60. The second kappa shape index (κ2) is 7.20. The first-order valence-corrected chi connectivity index (χ1v) is 5.62. The first-order valence-electron chi connectivity index (χ1n) is 5.62. The first-order chi connectivity index (χ1) is 7.76. The van der Waals surface area contributed by atoms with Gasteiger partial charge in [-0.1, -0.05) is 36.4 Å². The van der Waals surface area contributed by atoms with Crippen LogP contribution in [0.15, 0.2) is 43.0 Å². The highest BCUT2D eigenvalue weighted by Gasteiger charge is 2.13. The van der Waals surface area contributed by atoms with Crippen molar-refractivity contribution in [1.82, 2.24) is 0 Å².